The maximum absolute atomic E-state index is 10.0. The van der Waals surface area contributed by atoms with Gasteiger partial charge in [-0.1, -0.05) is 29.3 Å². The molecule has 0 bridgehead atoms. The second-order valence-electron chi connectivity index (χ2n) is 2.39. The normalized spacial score (nSPS) is 11.2. The maximum atomic E-state index is 10.0. The lowest BCUT2D eigenvalue weighted by Gasteiger charge is -2.06. The number of hydrogen-bond donors (Lipinski definition) is 0. The second-order valence-corrected chi connectivity index (χ2v) is 3.20. The average Bonchev–Trinajstić information content (AvgIpc) is 2.16. The van der Waals surface area contributed by atoms with E-state index in [1.165, 1.54) is 6.08 Å². The van der Waals surface area contributed by atoms with Gasteiger partial charge in [0, 0.05) is 15.6 Å². The van der Waals surface area contributed by atoms with Crippen LogP contribution >= 0.6 is 23.2 Å². The highest BCUT2D eigenvalue weighted by molar-refractivity contribution is 6.36. The van der Waals surface area contributed by atoms with Crippen LogP contribution in [0.25, 0.3) is 0 Å². The summed E-state index contributed by atoms with van der Waals surface area (Å²) in [5.74, 6) is 0. The number of carbonyl (C=O) groups excluding carboxylic acids is 1. The summed E-state index contributed by atoms with van der Waals surface area (Å²) in [4.78, 5) is 13.3. The van der Waals surface area contributed by atoms with E-state index >= 15 is 0 Å². The molecule has 1 aromatic rings. The third kappa shape index (κ3) is 2.12. The van der Waals surface area contributed by atoms with E-state index in [9.17, 15) is 4.79 Å². The van der Waals surface area contributed by atoms with Crippen molar-refractivity contribution in [1.29, 1.82) is 5.26 Å². The summed E-state index contributed by atoms with van der Waals surface area (Å²) in [6, 6.07) is 5.61. The second kappa shape index (κ2) is 4.78. The van der Waals surface area contributed by atoms with Crippen LogP contribution in [0.1, 0.15) is 11.6 Å². The highest BCUT2D eigenvalue weighted by atomic mass is 35.5. The zero-order chi connectivity index (χ0) is 10.6. The molecule has 70 valence electrons. The van der Waals surface area contributed by atoms with E-state index in [0.717, 1.165) is 0 Å². The number of nitriles is 1. The molecule has 0 spiro atoms. The average molecular weight is 227 g/mol. The summed E-state index contributed by atoms with van der Waals surface area (Å²) < 4.78 is 0. The van der Waals surface area contributed by atoms with Crippen molar-refractivity contribution in [2.75, 3.05) is 0 Å². The van der Waals surface area contributed by atoms with Crippen molar-refractivity contribution in [2.45, 2.75) is 6.04 Å². The predicted octanol–water partition coefficient (Wildman–Crippen LogP) is 2.89. The molecule has 0 saturated heterocycles. The SMILES string of the molecule is N#CC(N=C=O)c1c(Cl)cccc1Cl. The van der Waals surface area contributed by atoms with Crippen LogP contribution < -0.4 is 0 Å². The molecule has 14 heavy (non-hydrogen) atoms. The Balaban J connectivity index is 3.30. The maximum Gasteiger partial charge on any atom is 0.236 e. The zero-order valence-corrected chi connectivity index (χ0v) is 8.38. The lowest BCUT2D eigenvalue weighted by atomic mass is 10.1. The van der Waals surface area contributed by atoms with Crippen molar-refractivity contribution < 1.29 is 4.79 Å². The molecule has 1 atom stereocenters. The molecule has 0 amide bonds. The van der Waals surface area contributed by atoms with Crippen LogP contribution in [0.3, 0.4) is 0 Å². The number of isocyanates is 1. The van der Waals surface area contributed by atoms with Gasteiger partial charge in [-0.05, 0) is 12.1 Å². The fourth-order valence-corrected chi connectivity index (χ4v) is 1.59. The molecule has 0 saturated carbocycles. The monoisotopic (exact) mass is 226 g/mol. The van der Waals surface area contributed by atoms with Crippen LogP contribution in [0.5, 0.6) is 0 Å². The van der Waals surface area contributed by atoms with Crippen LogP contribution in [-0.4, -0.2) is 6.08 Å². The molecule has 0 radical (unpaired) electrons. The minimum Gasteiger partial charge on any atom is -0.211 e. The van der Waals surface area contributed by atoms with E-state index < -0.39 is 6.04 Å². The Hall–Kier alpha value is -1.33. The minimum absolute atomic E-state index is 0.308. The molecule has 0 fully saturated rings. The first-order valence-electron chi connectivity index (χ1n) is 3.61. The first kappa shape index (κ1) is 10.7. The van der Waals surface area contributed by atoms with Gasteiger partial charge in [-0.15, -0.1) is 0 Å². The summed E-state index contributed by atoms with van der Waals surface area (Å²) >= 11 is 11.6. The van der Waals surface area contributed by atoms with Gasteiger partial charge in [-0.3, -0.25) is 0 Å². The lowest BCUT2D eigenvalue weighted by Crippen LogP contribution is -1.94. The lowest BCUT2D eigenvalue weighted by molar-refractivity contribution is 0.561. The molecule has 5 heteroatoms. The van der Waals surface area contributed by atoms with Crippen LogP contribution in [0.2, 0.25) is 10.0 Å². The summed E-state index contributed by atoms with van der Waals surface area (Å²) in [7, 11) is 0. The fourth-order valence-electron chi connectivity index (χ4n) is 0.983. The topological polar surface area (TPSA) is 53.2 Å². The number of rotatable bonds is 2. The molecule has 1 rings (SSSR count). The zero-order valence-electron chi connectivity index (χ0n) is 6.87. The van der Waals surface area contributed by atoms with E-state index in [2.05, 4.69) is 4.99 Å². The highest BCUT2D eigenvalue weighted by Gasteiger charge is 2.16. The Labute approximate surface area is 90.6 Å². The first-order chi connectivity index (χ1) is 6.70. The standard InChI is InChI=1S/C9H4Cl2N2O/c10-6-2-1-3-7(11)9(6)8(4-12)13-5-14/h1-3,8H. The molecule has 0 aromatic heterocycles. The molecular formula is C9H4Cl2N2O. The van der Waals surface area contributed by atoms with Crippen molar-refractivity contribution >= 4 is 29.3 Å². The van der Waals surface area contributed by atoms with Gasteiger partial charge in [0.2, 0.25) is 6.08 Å². The van der Waals surface area contributed by atoms with Crippen molar-refractivity contribution in [3.63, 3.8) is 0 Å². The van der Waals surface area contributed by atoms with Gasteiger partial charge in [0.15, 0.2) is 6.04 Å². The molecule has 0 N–H and O–H groups in total. The summed E-state index contributed by atoms with van der Waals surface area (Å²) in [6.45, 7) is 0. The molecule has 0 heterocycles. The van der Waals surface area contributed by atoms with E-state index in [1.54, 1.807) is 24.3 Å². The van der Waals surface area contributed by atoms with E-state index in [-0.39, 0.29) is 0 Å². The molecule has 3 nitrogen and oxygen atoms in total. The van der Waals surface area contributed by atoms with Crippen molar-refractivity contribution in [1.82, 2.24) is 0 Å². The molecular weight excluding hydrogens is 223 g/mol. The Kier molecular flexibility index (Phi) is 3.67. The molecule has 1 aromatic carbocycles. The van der Waals surface area contributed by atoms with Crippen LogP contribution in [0.4, 0.5) is 0 Å². The molecule has 0 aliphatic carbocycles. The van der Waals surface area contributed by atoms with Crippen molar-refractivity contribution in [3.8, 4) is 6.07 Å². The summed E-state index contributed by atoms with van der Waals surface area (Å²) in [6.07, 6.45) is 1.31. The van der Waals surface area contributed by atoms with Gasteiger partial charge in [-0.2, -0.15) is 10.3 Å². The van der Waals surface area contributed by atoms with Gasteiger partial charge in [-0.25, -0.2) is 4.79 Å². The minimum atomic E-state index is -0.992. The predicted molar refractivity (Wildman–Crippen MR) is 52.9 cm³/mol. The quantitative estimate of drug-likeness (QED) is 0.576. The number of hydrogen-bond acceptors (Lipinski definition) is 3. The van der Waals surface area contributed by atoms with E-state index in [0.29, 0.717) is 15.6 Å². The van der Waals surface area contributed by atoms with Crippen molar-refractivity contribution in [2.24, 2.45) is 4.99 Å². The number of aliphatic imine (C=N–C) groups is 1. The summed E-state index contributed by atoms with van der Waals surface area (Å²) in [5.41, 5.74) is 0.335. The number of nitrogens with zero attached hydrogens (tertiary/aromatic N) is 2. The van der Waals surface area contributed by atoms with Crippen LogP contribution in [0, 0.1) is 11.3 Å². The van der Waals surface area contributed by atoms with Crippen LogP contribution in [-0.2, 0) is 4.79 Å². The number of benzene rings is 1. The van der Waals surface area contributed by atoms with Crippen molar-refractivity contribution in [3.05, 3.63) is 33.8 Å². The van der Waals surface area contributed by atoms with Gasteiger partial charge < -0.3 is 0 Å². The van der Waals surface area contributed by atoms with Gasteiger partial charge in [0.25, 0.3) is 0 Å². The van der Waals surface area contributed by atoms with Gasteiger partial charge in [0.05, 0.1) is 6.07 Å². The van der Waals surface area contributed by atoms with Gasteiger partial charge in [0.1, 0.15) is 0 Å². The third-order valence-electron chi connectivity index (χ3n) is 1.58. The Morgan fingerprint density at radius 3 is 2.36 bits per heavy atom. The van der Waals surface area contributed by atoms with Crippen LogP contribution in [0.15, 0.2) is 23.2 Å². The van der Waals surface area contributed by atoms with Gasteiger partial charge >= 0.3 is 0 Å². The third-order valence-corrected chi connectivity index (χ3v) is 2.24. The Morgan fingerprint density at radius 1 is 1.36 bits per heavy atom. The first-order valence-corrected chi connectivity index (χ1v) is 4.36. The smallest absolute Gasteiger partial charge is 0.211 e. The molecule has 1 unspecified atom stereocenters. The fraction of sp³-hybridized carbons (Fsp3) is 0.111. The van der Waals surface area contributed by atoms with E-state index in [4.69, 9.17) is 28.5 Å². The largest absolute Gasteiger partial charge is 0.236 e. The molecule has 0 aliphatic heterocycles. The van der Waals surface area contributed by atoms with E-state index in [1.807, 2.05) is 0 Å². The Bertz CT molecular complexity index is 413. The number of halogens is 2. The highest BCUT2D eigenvalue weighted by Crippen LogP contribution is 2.31. The summed E-state index contributed by atoms with van der Waals surface area (Å²) in [5, 5.41) is 9.34. The Morgan fingerprint density at radius 2 is 1.93 bits per heavy atom. The molecule has 0 aliphatic rings.